The average Bonchev–Trinajstić information content (AvgIpc) is 3.10. The monoisotopic (exact) mass is 313 g/mol. The lowest BCUT2D eigenvalue weighted by atomic mass is 10.1. The number of rotatable bonds is 2. The second kappa shape index (κ2) is 5.14. The fourth-order valence-electron chi connectivity index (χ4n) is 2.84. The molecular formula is C17H13ClFN3. The van der Waals surface area contributed by atoms with E-state index in [4.69, 9.17) is 11.6 Å². The SMILES string of the molecule is Fc1cccc(-c2nn(-c3ccccc3Cl)c3c2CCN3)c1. The number of nitrogens with zero attached hydrogens (tertiary/aromatic N) is 2. The highest BCUT2D eigenvalue weighted by molar-refractivity contribution is 6.32. The first-order chi connectivity index (χ1) is 10.7. The number of aromatic nitrogens is 2. The molecule has 0 fully saturated rings. The minimum absolute atomic E-state index is 0.260. The third-order valence-electron chi connectivity index (χ3n) is 3.83. The Morgan fingerprint density at radius 1 is 1.14 bits per heavy atom. The Hall–Kier alpha value is -2.33. The van der Waals surface area contributed by atoms with Crippen molar-refractivity contribution < 1.29 is 4.39 Å². The summed E-state index contributed by atoms with van der Waals surface area (Å²) in [5.41, 5.74) is 3.51. The summed E-state index contributed by atoms with van der Waals surface area (Å²) in [4.78, 5) is 0. The van der Waals surface area contributed by atoms with E-state index in [9.17, 15) is 4.39 Å². The number of benzene rings is 2. The van der Waals surface area contributed by atoms with Crippen LogP contribution in [0, 0.1) is 5.82 Å². The van der Waals surface area contributed by atoms with Crippen molar-refractivity contribution in [1.29, 1.82) is 0 Å². The Labute approximate surface area is 132 Å². The molecule has 0 saturated heterocycles. The standard InChI is InChI=1S/C17H13ClFN3/c18-14-6-1-2-7-15(14)22-17-13(8-9-20-17)16(21-22)11-4-3-5-12(19)10-11/h1-7,10,20H,8-9H2. The first-order valence-electron chi connectivity index (χ1n) is 7.10. The van der Waals surface area contributed by atoms with Crippen LogP contribution in [-0.4, -0.2) is 16.3 Å². The van der Waals surface area contributed by atoms with Crippen LogP contribution < -0.4 is 5.32 Å². The van der Waals surface area contributed by atoms with E-state index in [1.807, 2.05) is 35.0 Å². The third kappa shape index (κ3) is 2.07. The van der Waals surface area contributed by atoms with Crippen molar-refractivity contribution in [3.8, 4) is 16.9 Å². The van der Waals surface area contributed by atoms with Crippen LogP contribution in [0.2, 0.25) is 5.02 Å². The van der Waals surface area contributed by atoms with E-state index in [0.29, 0.717) is 5.02 Å². The second-order valence-electron chi connectivity index (χ2n) is 5.23. The minimum atomic E-state index is -0.260. The summed E-state index contributed by atoms with van der Waals surface area (Å²) < 4.78 is 15.3. The highest BCUT2D eigenvalue weighted by Crippen LogP contribution is 2.36. The van der Waals surface area contributed by atoms with E-state index < -0.39 is 0 Å². The van der Waals surface area contributed by atoms with E-state index in [1.165, 1.54) is 12.1 Å². The molecule has 1 N–H and O–H groups in total. The average molecular weight is 314 g/mol. The predicted molar refractivity (Wildman–Crippen MR) is 86.2 cm³/mol. The molecule has 5 heteroatoms. The van der Waals surface area contributed by atoms with Crippen molar-refractivity contribution in [2.45, 2.75) is 6.42 Å². The fraction of sp³-hybridized carbons (Fsp3) is 0.118. The molecule has 0 radical (unpaired) electrons. The van der Waals surface area contributed by atoms with Crippen LogP contribution in [0.25, 0.3) is 16.9 Å². The first-order valence-corrected chi connectivity index (χ1v) is 7.48. The van der Waals surface area contributed by atoms with Crippen molar-refractivity contribution in [2.75, 3.05) is 11.9 Å². The van der Waals surface area contributed by atoms with Gasteiger partial charge in [-0.25, -0.2) is 9.07 Å². The molecule has 0 aliphatic carbocycles. The molecular weight excluding hydrogens is 301 g/mol. The smallest absolute Gasteiger partial charge is 0.133 e. The van der Waals surface area contributed by atoms with Crippen LogP contribution in [0.1, 0.15) is 5.56 Å². The molecule has 3 nitrogen and oxygen atoms in total. The summed E-state index contributed by atoms with van der Waals surface area (Å²) in [6.45, 7) is 0.847. The van der Waals surface area contributed by atoms with Gasteiger partial charge in [-0.15, -0.1) is 0 Å². The van der Waals surface area contributed by atoms with Crippen molar-refractivity contribution in [3.63, 3.8) is 0 Å². The van der Waals surface area contributed by atoms with E-state index in [2.05, 4.69) is 10.4 Å². The molecule has 0 unspecified atom stereocenters. The van der Waals surface area contributed by atoms with Crippen LogP contribution in [0.15, 0.2) is 48.5 Å². The number of halogens is 2. The van der Waals surface area contributed by atoms with Crippen LogP contribution in [-0.2, 0) is 6.42 Å². The van der Waals surface area contributed by atoms with Gasteiger partial charge in [0.15, 0.2) is 0 Å². The molecule has 1 aliphatic rings. The molecule has 0 amide bonds. The molecule has 1 aromatic heterocycles. The molecule has 4 rings (SSSR count). The van der Waals surface area contributed by atoms with E-state index >= 15 is 0 Å². The lowest BCUT2D eigenvalue weighted by molar-refractivity contribution is 0.628. The van der Waals surface area contributed by atoms with E-state index in [1.54, 1.807) is 6.07 Å². The summed E-state index contributed by atoms with van der Waals surface area (Å²) in [5, 5.41) is 8.66. The van der Waals surface area contributed by atoms with Gasteiger partial charge in [0, 0.05) is 17.7 Å². The van der Waals surface area contributed by atoms with Crippen LogP contribution in [0.5, 0.6) is 0 Å². The fourth-order valence-corrected chi connectivity index (χ4v) is 3.06. The van der Waals surface area contributed by atoms with Gasteiger partial charge in [-0.2, -0.15) is 5.10 Å². The van der Waals surface area contributed by atoms with Crippen molar-refractivity contribution in [3.05, 3.63) is 64.9 Å². The van der Waals surface area contributed by atoms with Gasteiger partial charge < -0.3 is 5.32 Å². The molecule has 0 atom stereocenters. The number of nitrogens with one attached hydrogen (secondary N) is 1. The van der Waals surface area contributed by atoms with Gasteiger partial charge in [0.2, 0.25) is 0 Å². The van der Waals surface area contributed by atoms with Crippen LogP contribution in [0.3, 0.4) is 0 Å². The molecule has 1 aliphatic heterocycles. The van der Waals surface area contributed by atoms with Gasteiger partial charge in [0.25, 0.3) is 0 Å². The zero-order valence-corrected chi connectivity index (χ0v) is 12.4. The molecule has 3 aromatic rings. The third-order valence-corrected chi connectivity index (χ3v) is 4.15. The van der Waals surface area contributed by atoms with Crippen molar-refractivity contribution in [1.82, 2.24) is 9.78 Å². The Balaban J connectivity index is 1.93. The number of anilines is 1. The molecule has 0 bridgehead atoms. The summed E-state index contributed by atoms with van der Waals surface area (Å²) in [6.07, 6.45) is 0.867. The Kier molecular flexibility index (Phi) is 3.12. The molecule has 22 heavy (non-hydrogen) atoms. The maximum atomic E-state index is 13.5. The largest absolute Gasteiger partial charge is 0.369 e. The number of para-hydroxylation sites is 1. The normalized spacial score (nSPS) is 13.0. The van der Waals surface area contributed by atoms with E-state index in [-0.39, 0.29) is 5.82 Å². The number of fused-ring (bicyclic) bond motifs is 1. The van der Waals surface area contributed by atoms with Crippen LogP contribution in [0.4, 0.5) is 10.2 Å². The number of hydrogen-bond donors (Lipinski definition) is 1. The van der Waals surface area contributed by atoms with Gasteiger partial charge in [-0.1, -0.05) is 35.9 Å². The molecule has 110 valence electrons. The summed E-state index contributed by atoms with van der Waals surface area (Å²) in [6, 6.07) is 14.1. The lowest BCUT2D eigenvalue weighted by Crippen LogP contribution is -2.04. The summed E-state index contributed by atoms with van der Waals surface area (Å²) in [7, 11) is 0. The van der Waals surface area contributed by atoms with Gasteiger partial charge >= 0.3 is 0 Å². The maximum Gasteiger partial charge on any atom is 0.133 e. The zero-order valence-electron chi connectivity index (χ0n) is 11.7. The second-order valence-corrected chi connectivity index (χ2v) is 5.63. The maximum absolute atomic E-state index is 13.5. The topological polar surface area (TPSA) is 29.9 Å². The van der Waals surface area contributed by atoms with Crippen molar-refractivity contribution in [2.24, 2.45) is 0 Å². The molecule has 2 heterocycles. The Bertz CT molecular complexity index is 857. The predicted octanol–water partition coefficient (Wildman–Crippen LogP) is 4.30. The highest BCUT2D eigenvalue weighted by Gasteiger charge is 2.24. The highest BCUT2D eigenvalue weighted by atomic mass is 35.5. The van der Waals surface area contributed by atoms with E-state index in [0.717, 1.165) is 41.3 Å². The van der Waals surface area contributed by atoms with Crippen molar-refractivity contribution >= 4 is 17.4 Å². The van der Waals surface area contributed by atoms with Gasteiger partial charge in [-0.3, -0.25) is 0 Å². The summed E-state index contributed by atoms with van der Waals surface area (Å²) >= 11 is 6.29. The summed E-state index contributed by atoms with van der Waals surface area (Å²) in [5.74, 6) is 0.678. The Morgan fingerprint density at radius 3 is 2.82 bits per heavy atom. The van der Waals surface area contributed by atoms with Gasteiger partial charge in [0.1, 0.15) is 11.6 Å². The van der Waals surface area contributed by atoms with Gasteiger partial charge in [0.05, 0.1) is 16.4 Å². The molecule has 2 aromatic carbocycles. The van der Waals surface area contributed by atoms with Crippen LogP contribution >= 0.6 is 11.6 Å². The first kappa shape index (κ1) is 13.3. The molecule has 0 saturated carbocycles. The minimum Gasteiger partial charge on any atom is -0.369 e. The number of hydrogen-bond acceptors (Lipinski definition) is 2. The zero-order chi connectivity index (χ0) is 15.1. The van der Waals surface area contributed by atoms with Gasteiger partial charge in [-0.05, 0) is 30.7 Å². The quantitative estimate of drug-likeness (QED) is 0.764. The molecule has 0 spiro atoms. The Morgan fingerprint density at radius 2 is 2.00 bits per heavy atom. The lowest BCUT2D eigenvalue weighted by Gasteiger charge is -2.07.